The van der Waals surface area contributed by atoms with Crippen molar-refractivity contribution < 1.29 is 29.0 Å². The Morgan fingerprint density at radius 2 is 1.59 bits per heavy atom. The monoisotopic (exact) mass is 678 g/mol. The van der Waals surface area contributed by atoms with Gasteiger partial charge in [0.05, 0.1) is 24.9 Å². The summed E-state index contributed by atoms with van der Waals surface area (Å²) in [5.41, 5.74) is 0.623. The number of H-pyrrole nitrogens is 1. The molecule has 3 aromatic rings. The Morgan fingerprint density at radius 1 is 0.918 bits per heavy atom. The summed E-state index contributed by atoms with van der Waals surface area (Å²) in [5, 5.41) is 24.3. The number of aliphatic hydroxyl groups is 1. The zero-order valence-corrected chi connectivity index (χ0v) is 29.8. The normalized spacial score (nSPS) is 14.7. The standard InChI is InChI=1S/C37H54N6O6/c1-8-24(4)20-39-33(45)19-32(44)29(16-23(2)3)41-35(47)31(18-27-21-38-22-40-27)42-34(46)30(43-36(48)49-37(5,6)7)17-26-14-11-13-25-12-9-10-15-28(25)26/h9-15,21-24,29-32,44H,8,16-20H2,1-7H3,(H,38,40)(H,39,45)(H,41,47)(H,42,46)(H,43,48)/t24?,29?,30-,31-,32?/m0/s1. The van der Waals surface area contributed by atoms with E-state index in [1.54, 1.807) is 27.0 Å². The van der Waals surface area contributed by atoms with E-state index in [0.29, 0.717) is 24.6 Å². The topological polar surface area (TPSA) is 175 Å². The van der Waals surface area contributed by atoms with Crippen LogP contribution in [0.5, 0.6) is 0 Å². The van der Waals surface area contributed by atoms with Gasteiger partial charge in [0.1, 0.15) is 17.7 Å². The van der Waals surface area contributed by atoms with Crippen molar-refractivity contribution in [3.8, 4) is 0 Å². The molecule has 3 rings (SSSR count). The Kier molecular flexibility index (Phi) is 14.6. The molecule has 0 spiro atoms. The zero-order valence-electron chi connectivity index (χ0n) is 29.8. The van der Waals surface area contributed by atoms with Crippen LogP contribution in [-0.2, 0) is 32.0 Å². The van der Waals surface area contributed by atoms with Crippen LogP contribution in [0.2, 0.25) is 0 Å². The summed E-state index contributed by atoms with van der Waals surface area (Å²) in [6.45, 7) is 13.7. The molecule has 268 valence electrons. The van der Waals surface area contributed by atoms with Crippen LogP contribution >= 0.6 is 0 Å². The van der Waals surface area contributed by atoms with Gasteiger partial charge in [0.25, 0.3) is 0 Å². The molecule has 1 heterocycles. The van der Waals surface area contributed by atoms with Crippen LogP contribution in [0.4, 0.5) is 4.79 Å². The Balaban J connectivity index is 1.86. The first kappa shape index (κ1) is 39.0. The Bertz CT molecular complexity index is 1510. The first-order chi connectivity index (χ1) is 23.1. The van der Waals surface area contributed by atoms with E-state index in [-0.39, 0.29) is 31.1 Å². The average Bonchev–Trinajstić information content (AvgIpc) is 3.54. The maximum atomic E-state index is 14.0. The molecular weight excluding hydrogens is 624 g/mol. The van der Waals surface area contributed by atoms with Crippen LogP contribution in [0, 0.1) is 11.8 Å². The van der Waals surface area contributed by atoms with Crippen LogP contribution in [0.25, 0.3) is 10.8 Å². The summed E-state index contributed by atoms with van der Waals surface area (Å²) < 4.78 is 5.48. The summed E-state index contributed by atoms with van der Waals surface area (Å²) in [5.74, 6) is -1.06. The molecular formula is C37H54N6O6. The smallest absolute Gasteiger partial charge is 0.408 e. The lowest BCUT2D eigenvalue weighted by Crippen LogP contribution is -2.57. The van der Waals surface area contributed by atoms with Gasteiger partial charge in [-0.25, -0.2) is 9.78 Å². The number of hydrogen-bond acceptors (Lipinski definition) is 7. The predicted octanol–water partition coefficient (Wildman–Crippen LogP) is 4.17. The molecule has 12 nitrogen and oxygen atoms in total. The fourth-order valence-corrected chi connectivity index (χ4v) is 5.39. The molecule has 1 aromatic heterocycles. The summed E-state index contributed by atoms with van der Waals surface area (Å²) in [6.07, 6.45) is 2.43. The van der Waals surface area contributed by atoms with Crippen LogP contribution in [0.1, 0.15) is 79.0 Å². The van der Waals surface area contributed by atoms with Gasteiger partial charge in [0.15, 0.2) is 0 Å². The number of fused-ring (bicyclic) bond motifs is 1. The predicted molar refractivity (Wildman–Crippen MR) is 190 cm³/mol. The first-order valence-corrected chi connectivity index (χ1v) is 17.1. The second-order valence-corrected chi connectivity index (χ2v) is 14.2. The van der Waals surface area contributed by atoms with E-state index in [1.807, 2.05) is 70.2 Å². The van der Waals surface area contributed by atoms with Crippen molar-refractivity contribution in [1.29, 1.82) is 0 Å². The number of benzene rings is 2. The molecule has 0 aliphatic rings. The Hall–Kier alpha value is -4.45. The van der Waals surface area contributed by atoms with Crippen molar-refractivity contribution in [3.05, 3.63) is 66.2 Å². The van der Waals surface area contributed by atoms with Crippen LogP contribution < -0.4 is 21.3 Å². The van der Waals surface area contributed by atoms with Crippen molar-refractivity contribution >= 4 is 34.6 Å². The van der Waals surface area contributed by atoms with Gasteiger partial charge < -0.3 is 36.1 Å². The number of carbonyl (C=O) groups excluding carboxylic acids is 4. The Labute approximate surface area is 289 Å². The van der Waals surface area contributed by atoms with Crippen LogP contribution in [0.15, 0.2) is 55.0 Å². The van der Waals surface area contributed by atoms with Crippen molar-refractivity contribution in [2.24, 2.45) is 11.8 Å². The average molecular weight is 679 g/mol. The minimum atomic E-state index is -1.15. The zero-order chi connectivity index (χ0) is 36.1. The van der Waals surface area contributed by atoms with Gasteiger partial charge in [0.2, 0.25) is 17.7 Å². The van der Waals surface area contributed by atoms with E-state index < -0.39 is 47.7 Å². The minimum Gasteiger partial charge on any atom is -0.444 e. The van der Waals surface area contributed by atoms with E-state index in [0.717, 1.165) is 22.8 Å². The van der Waals surface area contributed by atoms with Crippen molar-refractivity contribution in [2.45, 2.75) is 110 Å². The van der Waals surface area contributed by atoms with Gasteiger partial charge in [-0.3, -0.25) is 14.4 Å². The molecule has 5 atom stereocenters. The van der Waals surface area contributed by atoms with Crippen LogP contribution in [-0.4, -0.2) is 75.3 Å². The van der Waals surface area contributed by atoms with Gasteiger partial charge in [0, 0.05) is 31.3 Å². The number of aromatic nitrogens is 2. The molecule has 3 unspecified atom stereocenters. The number of aliphatic hydroxyl groups excluding tert-OH is 1. The first-order valence-electron chi connectivity index (χ1n) is 17.1. The molecule has 2 aromatic carbocycles. The number of imidazole rings is 1. The third kappa shape index (κ3) is 13.2. The molecule has 4 amide bonds. The molecule has 0 saturated heterocycles. The highest BCUT2D eigenvalue weighted by atomic mass is 16.6. The van der Waals surface area contributed by atoms with E-state index >= 15 is 0 Å². The maximum absolute atomic E-state index is 14.0. The largest absolute Gasteiger partial charge is 0.444 e. The third-order valence-electron chi connectivity index (χ3n) is 8.18. The highest BCUT2D eigenvalue weighted by molar-refractivity contribution is 5.93. The van der Waals surface area contributed by atoms with Crippen molar-refractivity contribution in [3.63, 3.8) is 0 Å². The molecule has 12 heteroatoms. The molecule has 0 aliphatic carbocycles. The molecule has 0 saturated carbocycles. The molecule has 0 aliphatic heterocycles. The highest BCUT2D eigenvalue weighted by Crippen LogP contribution is 2.20. The van der Waals surface area contributed by atoms with E-state index in [1.165, 1.54) is 6.33 Å². The lowest BCUT2D eigenvalue weighted by Gasteiger charge is -2.29. The van der Waals surface area contributed by atoms with Gasteiger partial charge in [-0.1, -0.05) is 76.6 Å². The number of ether oxygens (including phenoxy) is 1. The maximum Gasteiger partial charge on any atom is 0.408 e. The fraction of sp³-hybridized carbons (Fsp3) is 0.541. The van der Waals surface area contributed by atoms with Gasteiger partial charge in [-0.15, -0.1) is 0 Å². The summed E-state index contributed by atoms with van der Waals surface area (Å²) in [6, 6.07) is 10.6. The molecule has 0 fully saturated rings. The van der Waals surface area contributed by atoms with Crippen molar-refractivity contribution in [2.75, 3.05) is 6.54 Å². The van der Waals surface area contributed by atoms with E-state index in [4.69, 9.17) is 4.74 Å². The number of rotatable bonds is 17. The highest BCUT2D eigenvalue weighted by Gasteiger charge is 2.32. The SMILES string of the molecule is CCC(C)CNC(=O)CC(O)C(CC(C)C)NC(=O)[C@H](Cc1cnc[nH]1)NC(=O)[C@H](Cc1cccc2ccccc12)NC(=O)OC(C)(C)C. The number of nitrogens with zero attached hydrogens (tertiary/aromatic N) is 1. The number of aromatic amines is 1. The molecule has 49 heavy (non-hydrogen) atoms. The summed E-state index contributed by atoms with van der Waals surface area (Å²) in [4.78, 5) is 60.5. The molecule has 0 radical (unpaired) electrons. The number of nitrogens with one attached hydrogen (secondary N) is 5. The summed E-state index contributed by atoms with van der Waals surface area (Å²) >= 11 is 0. The third-order valence-corrected chi connectivity index (χ3v) is 8.18. The van der Waals surface area contributed by atoms with Gasteiger partial charge in [-0.05, 0) is 55.4 Å². The Morgan fingerprint density at radius 3 is 2.24 bits per heavy atom. The minimum absolute atomic E-state index is 0.0604. The van der Waals surface area contributed by atoms with Gasteiger partial charge >= 0.3 is 6.09 Å². The van der Waals surface area contributed by atoms with Crippen LogP contribution in [0.3, 0.4) is 0 Å². The van der Waals surface area contributed by atoms with E-state index in [9.17, 15) is 24.3 Å². The number of hydrogen-bond donors (Lipinski definition) is 6. The number of carbonyl (C=O) groups is 4. The van der Waals surface area contributed by atoms with Gasteiger partial charge in [-0.2, -0.15) is 0 Å². The van der Waals surface area contributed by atoms with E-state index in [2.05, 4.69) is 31.2 Å². The number of amides is 4. The quantitative estimate of drug-likeness (QED) is 0.124. The van der Waals surface area contributed by atoms with Crippen molar-refractivity contribution in [1.82, 2.24) is 31.2 Å². The lowest BCUT2D eigenvalue weighted by molar-refractivity contribution is -0.131. The molecule has 0 bridgehead atoms. The lowest BCUT2D eigenvalue weighted by atomic mass is 9.96. The number of alkyl carbamates (subject to hydrolysis) is 1. The second kappa shape index (κ2) is 18.4. The fourth-order valence-electron chi connectivity index (χ4n) is 5.39. The summed E-state index contributed by atoms with van der Waals surface area (Å²) in [7, 11) is 0. The molecule has 6 N–H and O–H groups in total. The second-order valence-electron chi connectivity index (χ2n) is 14.2.